The highest BCUT2D eigenvalue weighted by molar-refractivity contribution is 5.89. The van der Waals surface area contributed by atoms with Crippen molar-refractivity contribution in [3.8, 4) is 22.6 Å². The number of rotatable bonds is 9. The highest BCUT2D eigenvalue weighted by Gasteiger charge is 2.22. The Morgan fingerprint density at radius 1 is 0.684 bits per heavy atom. The molecule has 1 aliphatic carbocycles. The number of ether oxygens (including phenoxy) is 2. The maximum atomic E-state index is 11.7. The third kappa shape index (κ3) is 7.32. The second-order valence-electron chi connectivity index (χ2n) is 10.4. The van der Waals surface area contributed by atoms with Crippen molar-refractivity contribution in [3.63, 3.8) is 0 Å². The molecule has 1 saturated carbocycles. The van der Waals surface area contributed by atoms with E-state index in [1.807, 2.05) is 36.4 Å². The molecule has 0 unspecified atom stereocenters. The second-order valence-corrected chi connectivity index (χ2v) is 10.4. The lowest BCUT2D eigenvalue weighted by molar-refractivity contribution is -0.130. The minimum atomic E-state index is -0.409. The van der Waals surface area contributed by atoms with E-state index in [4.69, 9.17) is 9.47 Å². The fraction of sp³-hybridized carbons (Fsp3) is 0.294. The summed E-state index contributed by atoms with van der Waals surface area (Å²) in [5.41, 5.74) is 5.71. The highest BCUT2D eigenvalue weighted by atomic mass is 16.5. The zero-order valence-electron chi connectivity index (χ0n) is 22.4. The third-order valence-corrected chi connectivity index (χ3v) is 7.30. The molecule has 196 valence electrons. The van der Waals surface area contributed by atoms with Crippen LogP contribution < -0.4 is 9.47 Å². The molecule has 0 atom stereocenters. The van der Waals surface area contributed by atoms with E-state index in [1.54, 1.807) is 13.8 Å². The van der Waals surface area contributed by atoms with E-state index in [1.165, 1.54) is 43.2 Å². The van der Waals surface area contributed by atoms with E-state index >= 15 is 0 Å². The maximum Gasteiger partial charge on any atom is 0.338 e. The van der Waals surface area contributed by atoms with Gasteiger partial charge >= 0.3 is 11.9 Å². The first kappa shape index (κ1) is 27.1. The summed E-state index contributed by atoms with van der Waals surface area (Å²) in [6.45, 7) is 10.5. The predicted molar refractivity (Wildman–Crippen MR) is 152 cm³/mol. The smallest absolute Gasteiger partial charge is 0.338 e. The van der Waals surface area contributed by atoms with E-state index in [9.17, 15) is 9.59 Å². The van der Waals surface area contributed by atoms with E-state index < -0.39 is 5.97 Å². The normalized spacial score (nSPS) is 16.9. The average molecular weight is 509 g/mol. The lowest BCUT2D eigenvalue weighted by atomic mass is 9.77. The van der Waals surface area contributed by atoms with E-state index in [0.717, 1.165) is 23.5 Å². The molecule has 4 heteroatoms. The average Bonchev–Trinajstić information content (AvgIpc) is 2.93. The monoisotopic (exact) mass is 508 g/mol. The zero-order valence-corrected chi connectivity index (χ0v) is 22.4. The molecule has 38 heavy (non-hydrogen) atoms. The van der Waals surface area contributed by atoms with Gasteiger partial charge in [0.1, 0.15) is 11.5 Å². The summed E-state index contributed by atoms with van der Waals surface area (Å²) >= 11 is 0. The molecular formula is C34H36O4. The molecule has 1 fully saturated rings. The number of aryl methyl sites for hydroxylation is 1. The van der Waals surface area contributed by atoms with Crippen molar-refractivity contribution in [2.24, 2.45) is 5.92 Å². The van der Waals surface area contributed by atoms with Gasteiger partial charge in [0.25, 0.3) is 0 Å². The van der Waals surface area contributed by atoms with Gasteiger partial charge in [-0.1, -0.05) is 61.7 Å². The Kier molecular flexibility index (Phi) is 8.96. The number of carbonyl (C=O) groups is 2. The van der Waals surface area contributed by atoms with Gasteiger partial charge in [0, 0.05) is 11.1 Å². The minimum absolute atomic E-state index is 0.382. The minimum Gasteiger partial charge on any atom is -0.423 e. The van der Waals surface area contributed by atoms with Gasteiger partial charge in [-0.05, 0) is 111 Å². The van der Waals surface area contributed by atoms with Crippen molar-refractivity contribution in [2.75, 3.05) is 0 Å². The van der Waals surface area contributed by atoms with Crippen LogP contribution in [0.4, 0.5) is 0 Å². The van der Waals surface area contributed by atoms with Crippen molar-refractivity contribution >= 4 is 11.9 Å². The van der Waals surface area contributed by atoms with Crippen LogP contribution in [-0.4, -0.2) is 11.9 Å². The molecular weight excluding hydrogens is 472 g/mol. The second kappa shape index (κ2) is 12.6. The molecule has 0 bridgehead atoms. The number of benzene rings is 3. The molecule has 0 spiro atoms. The van der Waals surface area contributed by atoms with Gasteiger partial charge in [0.2, 0.25) is 0 Å². The van der Waals surface area contributed by atoms with Gasteiger partial charge in [-0.2, -0.15) is 0 Å². The summed E-state index contributed by atoms with van der Waals surface area (Å²) < 4.78 is 10.6. The van der Waals surface area contributed by atoms with E-state index in [2.05, 4.69) is 49.6 Å². The fourth-order valence-electron chi connectivity index (χ4n) is 4.93. The lowest BCUT2D eigenvalue weighted by Gasteiger charge is -2.29. The number of hydrogen-bond acceptors (Lipinski definition) is 4. The van der Waals surface area contributed by atoms with Gasteiger partial charge in [-0.25, -0.2) is 9.59 Å². The SMILES string of the molecule is C=C(C)C(=O)Oc1ccc(-c2ccc(CCC3CCC(c4ccc(OC(=O)C(=C)C)cc4)CC3)cc2)cc1. The predicted octanol–water partition coefficient (Wildman–Crippen LogP) is 8.22. The van der Waals surface area contributed by atoms with Crippen LogP contribution in [0.15, 0.2) is 97.1 Å². The van der Waals surface area contributed by atoms with Crippen molar-refractivity contribution in [3.05, 3.63) is 108 Å². The van der Waals surface area contributed by atoms with Crippen LogP contribution in [0.2, 0.25) is 0 Å². The summed E-state index contributed by atoms with van der Waals surface area (Å²) in [7, 11) is 0. The summed E-state index contributed by atoms with van der Waals surface area (Å²) in [4.78, 5) is 23.4. The first-order valence-corrected chi connectivity index (χ1v) is 13.3. The molecule has 4 rings (SSSR count). The van der Waals surface area contributed by atoms with Crippen molar-refractivity contribution in [2.45, 2.75) is 58.3 Å². The Morgan fingerprint density at radius 3 is 1.61 bits per heavy atom. The van der Waals surface area contributed by atoms with Crippen LogP contribution >= 0.6 is 0 Å². The van der Waals surface area contributed by atoms with E-state index in [0.29, 0.717) is 28.6 Å². The molecule has 0 aliphatic heterocycles. The quantitative estimate of drug-likeness (QED) is 0.166. The summed E-state index contributed by atoms with van der Waals surface area (Å²) in [5, 5.41) is 0. The summed E-state index contributed by atoms with van der Waals surface area (Å²) in [6.07, 6.45) is 7.20. The molecule has 3 aromatic rings. The Labute approximate surface area is 226 Å². The third-order valence-electron chi connectivity index (χ3n) is 7.30. The van der Waals surface area contributed by atoms with Gasteiger partial charge < -0.3 is 9.47 Å². The maximum absolute atomic E-state index is 11.7. The van der Waals surface area contributed by atoms with Crippen molar-refractivity contribution < 1.29 is 19.1 Å². The van der Waals surface area contributed by atoms with Crippen molar-refractivity contribution in [1.82, 2.24) is 0 Å². The number of carbonyl (C=O) groups excluding carboxylic acids is 2. The highest BCUT2D eigenvalue weighted by Crippen LogP contribution is 2.38. The molecule has 4 nitrogen and oxygen atoms in total. The van der Waals surface area contributed by atoms with Crippen LogP contribution in [0.3, 0.4) is 0 Å². The summed E-state index contributed by atoms with van der Waals surface area (Å²) in [6, 6.07) is 24.3. The molecule has 3 aromatic carbocycles. The van der Waals surface area contributed by atoms with Gasteiger partial charge in [0.05, 0.1) is 0 Å². The van der Waals surface area contributed by atoms with Crippen LogP contribution in [0.1, 0.15) is 63.0 Å². The summed E-state index contributed by atoms with van der Waals surface area (Å²) in [5.74, 6) is 1.64. The van der Waals surface area contributed by atoms with Gasteiger partial charge in [-0.15, -0.1) is 0 Å². The Bertz CT molecular complexity index is 1280. The van der Waals surface area contributed by atoms with E-state index in [-0.39, 0.29) is 5.97 Å². The largest absolute Gasteiger partial charge is 0.423 e. The standard InChI is InChI=1S/C34H36O4/c1-23(2)33(35)37-31-19-15-29(16-20-31)27-11-7-25(8-12-27)5-6-26-9-13-28(14-10-26)30-17-21-32(22-18-30)38-34(36)24(3)4/h7-8,11-12,15-22,26,28H,1,3,5-6,9-10,13-14H2,2,4H3. The first-order chi connectivity index (χ1) is 18.3. The van der Waals surface area contributed by atoms with Crippen LogP contribution in [0, 0.1) is 5.92 Å². The topological polar surface area (TPSA) is 52.6 Å². The zero-order chi connectivity index (χ0) is 27.1. The number of hydrogen-bond donors (Lipinski definition) is 0. The Balaban J connectivity index is 1.23. The first-order valence-electron chi connectivity index (χ1n) is 13.3. The van der Waals surface area contributed by atoms with Crippen LogP contribution in [0.25, 0.3) is 11.1 Å². The molecule has 0 radical (unpaired) electrons. The molecule has 0 amide bonds. The van der Waals surface area contributed by atoms with Crippen molar-refractivity contribution in [1.29, 1.82) is 0 Å². The Morgan fingerprint density at radius 2 is 1.13 bits per heavy atom. The Hall–Kier alpha value is -3.92. The van der Waals surface area contributed by atoms with Crippen LogP contribution in [-0.2, 0) is 16.0 Å². The molecule has 1 aliphatic rings. The fourth-order valence-corrected chi connectivity index (χ4v) is 4.93. The molecule has 0 aromatic heterocycles. The molecule has 0 N–H and O–H groups in total. The number of esters is 2. The molecule has 0 heterocycles. The lowest BCUT2D eigenvalue weighted by Crippen LogP contribution is -2.14. The van der Waals surface area contributed by atoms with Gasteiger partial charge in [-0.3, -0.25) is 0 Å². The van der Waals surface area contributed by atoms with Gasteiger partial charge in [0.15, 0.2) is 0 Å². The van der Waals surface area contributed by atoms with Crippen LogP contribution in [0.5, 0.6) is 11.5 Å². The molecule has 0 saturated heterocycles.